The second-order valence-corrected chi connectivity index (χ2v) is 4.77. The molecule has 1 aromatic rings. The van der Waals surface area contributed by atoms with Crippen molar-refractivity contribution < 1.29 is 4.79 Å². The summed E-state index contributed by atoms with van der Waals surface area (Å²) in [5.74, 6) is 0. The summed E-state index contributed by atoms with van der Waals surface area (Å²) in [4.78, 5) is 10.8. The fraction of sp³-hybridized carbons (Fsp3) is 0.692. The zero-order chi connectivity index (χ0) is 12.5. The van der Waals surface area contributed by atoms with E-state index in [4.69, 9.17) is 11.6 Å². The second kappa shape index (κ2) is 8.29. The van der Waals surface area contributed by atoms with Crippen LogP contribution in [0.5, 0.6) is 0 Å². The van der Waals surface area contributed by atoms with Crippen molar-refractivity contribution in [1.29, 1.82) is 0 Å². The van der Waals surface area contributed by atoms with E-state index in [9.17, 15) is 4.79 Å². The van der Waals surface area contributed by atoms with Gasteiger partial charge in [0, 0.05) is 5.69 Å². The molecule has 1 heterocycles. The molecular weight excluding hydrogens is 236 g/mol. The molecule has 0 atom stereocenters. The van der Waals surface area contributed by atoms with Gasteiger partial charge in [0.15, 0.2) is 0 Å². The molecule has 0 spiro atoms. The SMILES string of the molecule is CCCCCCCCCc1cc(C(=O)Cl)n[nH]1. The Morgan fingerprint density at radius 2 is 1.88 bits per heavy atom. The van der Waals surface area contributed by atoms with Gasteiger partial charge < -0.3 is 0 Å². The highest BCUT2D eigenvalue weighted by molar-refractivity contribution is 6.67. The predicted molar refractivity (Wildman–Crippen MR) is 70.5 cm³/mol. The minimum Gasteiger partial charge on any atom is -0.282 e. The van der Waals surface area contributed by atoms with E-state index in [2.05, 4.69) is 17.1 Å². The number of carbonyl (C=O) groups is 1. The van der Waals surface area contributed by atoms with E-state index in [1.54, 1.807) is 6.07 Å². The maximum Gasteiger partial charge on any atom is 0.272 e. The largest absolute Gasteiger partial charge is 0.282 e. The molecule has 0 fully saturated rings. The monoisotopic (exact) mass is 256 g/mol. The summed E-state index contributed by atoms with van der Waals surface area (Å²) in [6, 6.07) is 1.74. The van der Waals surface area contributed by atoms with Crippen molar-refractivity contribution in [2.45, 2.75) is 58.3 Å². The zero-order valence-electron chi connectivity index (χ0n) is 10.5. The maximum atomic E-state index is 10.8. The van der Waals surface area contributed by atoms with Crippen molar-refractivity contribution in [1.82, 2.24) is 10.2 Å². The number of aromatic nitrogens is 2. The highest BCUT2D eigenvalue weighted by Crippen LogP contribution is 2.10. The Morgan fingerprint density at radius 3 is 2.47 bits per heavy atom. The molecular formula is C13H21ClN2O. The highest BCUT2D eigenvalue weighted by atomic mass is 35.5. The van der Waals surface area contributed by atoms with E-state index in [-0.39, 0.29) is 0 Å². The molecule has 4 heteroatoms. The third-order valence-electron chi connectivity index (χ3n) is 2.88. The van der Waals surface area contributed by atoms with E-state index in [0.29, 0.717) is 5.69 Å². The first-order valence-corrected chi connectivity index (χ1v) is 6.86. The van der Waals surface area contributed by atoms with Crippen molar-refractivity contribution in [3.63, 3.8) is 0 Å². The smallest absolute Gasteiger partial charge is 0.272 e. The van der Waals surface area contributed by atoms with Gasteiger partial charge in [-0.15, -0.1) is 0 Å². The Kier molecular flexibility index (Phi) is 6.94. The average molecular weight is 257 g/mol. The first-order chi connectivity index (χ1) is 8.24. The van der Waals surface area contributed by atoms with Crippen LogP contribution in [-0.4, -0.2) is 15.4 Å². The number of nitrogens with one attached hydrogen (secondary N) is 1. The number of unbranched alkanes of at least 4 members (excludes halogenated alkanes) is 6. The van der Waals surface area contributed by atoms with E-state index in [0.717, 1.165) is 18.5 Å². The minimum absolute atomic E-state index is 0.324. The van der Waals surface area contributed by atoms with Gasteiger partial charge in [0.25, 0.3) is 5.24 Å². The van der Waals surface area contributed by atoms with Crippen LogP contribution in [0.25, 0.3) is 0 Å². The molecule has 1 rings (SSSR count). The second-order valence-electron chi connectivity index (χ2n) is 4.42. The van der Waals surface area contributed by atoms with Crippen LogP contribution in [-0.2, 0) is 6.42 Å². The molecule has 1 aromatic heterocycles. The fourth-order valence-corrected chi connectivity index (χ4v) is 1.96. The normalized spacial score (nSPS) is 10.7. The van der Waals surface area contributed by atoms with Gasteiger partial charge in [-0.1, -0.05) is 45.4 Å². The number of halogens is 1. The van der Waals surface area contributed by atoms with Gasteiger partial charge in [0.2, 0.25) is 0 Å². The number of aromatic amines is 1. The first kappa shape index (κ1) is 14.2. The fourth-order valence-electron chi connectivity index (χ4n) is 1.86. The molecule has 0 aliphatic rings. The van der Waals surface area contributed by atoms with Crippen molar-refractivity contribution in [2.24, 2.45) is 0 Å². The number of carbonyl (C=O) groups excluding carboxylic acids is 1. The summed E-state index contributed by atoms with van der Waals surface area (Å²) in [6.07, 6.45) is 9.97. The molecule has 0 aliphatic heterocycles. The molecule has 0 saturated carbocycles. The van der Waals surface area contributed by atoms with Gasteiger partial charge in [-0.2, -0.15) is 5.10 Å². The number of H-pyrrole nitrogens is 1. The van der Waals surface area contributed by atoms with Gasteiger partial charge in [-0.25, -0.2) is 0 Å². The Morgan fingerprint density at radius 1 is 1.24 bits per heavy atom. The third kappa shape index (κ3) is 5.87. The number of rotatable bonds is 9. The quantitative estimate of drug-likeness (QED) is 0.534. The lowest BCUT2D eigenvalue weighted by molar-refractivity contribution is 0.107. The van der Waals surface area contributed by atoms with Crippen LogP contribution in [0.4, 0.5) is 0 Å². The summed E-state index contributed by atoms with van der Waals surface area (Å²) in [5, 5.41) is 6.20. The van der Waals surface area contributed by atoms with E-state index in [1.807, 2.05) is 0 Å². The summed E-state index contributed by atoms with van der Waals surface area (Å²) in [5.41, 5.74) is 1.33. The molecule has 0 aromatic carbocycles. The molecule has 17 heavy (non-hydrogen) atoms. The summed E-state index contributed by atoms with van der Waals surface area (Å²) in [6.45, 7) is 2.23. The minimum atomic E-state index is -0.493. The number of hydrogen-bond donors (Lipinski definition) is 1. The summed E-state index contributed by atoms with van der Waals surface area (Å²) in [7, 11) is 0. The molecule has 0 bridgehead atoms. The lowest BCUT2D eigenvalue weighted by atomic mass is 10.1. The zero-order valence-corrected chi connectivity index (χ0v) is 11.2. The first-order valence-electron chi connectivity index (χ1n) is 6.48. The van der Waals surface area contributed by atoms with Gasteiger partial charge in [0.1, 0.15) is 5.69 Å². The Hall–Kier alpha value is -0.830. The molecule has 0 saturated heterocycles. The van der Waals surface area contributed by atoms with E-state index < -0.39 is 5.24 Å². The molecule has 0 radical (unpaired) electrons. The number of hydrogen-bond acceptors (Lipinski definition) is 2. The predicted octanol–water partition coefficient (Wildman–Crippen LogP) is 4.08. The van der Waals surface area contributed by atoms with Crippen LogP contribution in [0.2, 0.25) is 0 Å². The lowest BCUT2D eigenvalue weighted by Crippen LogP contribution is -1.86. The lowest BCUT2D eigenvalue weighted by Gasteiger charge is -1.99. The van der Waals surface area contributed by atoms with Crippen LogP contribution < -0.4 is 0 Å². The molecule has 0 amide bonds. The van der Waals surface area contributed by atoms with E-state index >= 15 is 0 Å². The van der Waals surface area contributed by atoms with Gasteiger partial charge >= 0.3 is 0 Å². The van der Waals surface area contributed by atoms with Crippen molar-refractivity contribution in [3.8, 4) is 0 Å². The molecule has 0 unspecified atom stereocenters. The number of aryl methyl sites for hydroxylation is 1. The molecule has 0 aliphatic carbocycles. The average Bonchev–Trinajstić information content (AvgIpc) is 2.77. The van der Waals surface area contributed by atoms with Crippen molar-refractivity contribution >= 4 is 16.8 Å². The summed E-state index contributed by atoms with van der Waals surface area (Å²) < 4.78 is 0. The van der Waals surface area contributed by atoms with Gasteiger partial charge in [0.05, 0.1) is 0 Å². The standard InChI is InChI=1S/C13H21ClN2O/c1-2-3-4-5-6-7-8-9-11-10-12(13(14)17)16-15-11/h10H,2-9H2,1H3,(H,15,16). The van der Waals surface area contributed by atoms with Crippen molar-refractivity contribution in [2.75, 3.05) is 0 Å². The van der Waals surface area contributed by atoms with Crippen LogP contribution in [0.3, 0.4) is 0 Å². The summed E-state index contributed by atoms with van der Waals surface area (Å²) >= 11 is 5.33. The molecule has 1 N–H and O–H groups in total. The maximum absolute atomic E-state index is 10.8. The van der Waals surface area contributed by atoms with Crippen LogP contribution >= 0.6 is 11.6 Å². The van der Waals surface area contributed by atoms with Crippen molar-refractivity contribution in [3.05, 3.63) is 17.5 Å². The Bertz CT molecular complexity index is 336. The third-order valence-corrected chi connectivity index (χ3v) is 3.08. The topological polar surface area (TPSA) is 45.8 Å². The van der Waals surface area contributed by atoms with Crippen LogP contribution in [0.15, 0.2) is 6.07 Å². The highest BCUT2D eigenvalue weighted by Gasteiger charge is 2.06. The van der Waals surface area contributed by atoms with Crippen LogP contribution in [0, 0.1) is 0 Å². The van der Waals surface area contributed by atoms with Gasteiger partial charge in [-0.05, 0) is 30.5 Å². The Labute approximate surface area is 108 Å². The Balaban J connectivity index is 2.07. The molecule has 96 valence electrons. The molecule has 3 nitrogen and oxygen atoms in total. The van der Waals surface area contributed by atoms with Crippen LogP contribution in [0.1, 0.15) is 68.1 Å². The van der Waals surface area contributed by atoms with Gasteiger partial charge in [-0.3, -0.25) is 9.89 Å². The number of nitrogens with zero attached hydrogens (tertiary/aromatic N) is 1. The van der Waals surface area contributed by atoms with E-state index in [1.165, 1.54) is 38.5 Å².